The number of rotatable bonds is 3. The number of nitrogens with two attached hydrogens (primary N) is 1. The van der Waals surface area contributed by atoms with Crippen LogP contribution < -0.4 is 5.73 Å². The van der Waals surface area contributed by atoms with Crippen molar-refractivity contribution in [3.8, 4) is 0 Å². The standard InChI is InChI=1S/C13H19FN2O2S/c1-9(2)10-6-7-16(8-10)19(17,18)13-11(14)4-3-5-12(13)15/h3-5,9-10H,6-8,15H2,1-2H3. The van der Waals surface area contributed by atoms with E-state index in [2.05, 4.69) is 13.8 Å². The Morgan fingerprint density at radius 3 is 2.63 bits per heavy atom. The van der Waals surface area contributed by atoms with Gasteiger partial charge in [-0.05, 0) is 30.4 Å². The minimum atomic E-state index is -3.83. The molecule has 0 amide bonds. The van der Waals surface area contributed by atoms with Gasteiger partial charge in [0.05, 0.1) is 5.69 Å². The average molecular weight is 286 g/mol. The first kappa shape index (κ1) is 14.3. The van der Waals surface area contributed by atoms with Gasteiger partial charge in [-0.2, -0.15) is 4.31 Å². The van der Waals surface area contributed by atoms with E-state index in [4.69, 9.17) is 5.73 Å². The summed E-state index contributed by atoms with van der Waals surface area (Å²) in [5.41, 5.74) is 5.59. The fraction of sp³-hybridized carbons (Fsp3) is 0.538. The lowest BCUT2D eigenvalue weighted by Crippen LogP contribution is -2.30. The van der Waals surface area contributed by atoms with Crippen LogP contribution in [-0.4, -0.2) is 25.8 Å². The third-order valence-corrected chi connectivity index (χ3v) is 5.68. The van der Waals surface area contributed by atoms with E-state index in [0.29, 0.717) is 24.9 Å². The third-order valence-electron chi connectivity index (χ3n) is 3.73. The third kappa shape index (κ3) is 2.60. The zero-order chi connectivity index (χ0) is 14.2. The minimum Gasteiger partial charge on any atom is -0.398 e. The van der Waals surface area contributed by atoms with Gasteiger partial charge in [0, 0.05) is 13.1 Å². The minimum absolute atomic E-state index is 0.0343. The largest absolute Gasteiger partial charge is 0.398 e. The summed E-state index contributed by atoms with van der Waals surface area (Å²) in [6.45, 7) is 5.00. The summed E-state index contributed by atoms with van der Waals surface area (Å²) in [7, 11) is -3.83. The SMILES string of the molecule is CC(C)C1CCN(S(=O)(=O)c2c(N)cccc2F)C1. The van der Waals surface area contributed by atoms with Crippen LogP contribution in [0.15, 0.2) is 23.1 Å². The summed E-state index contributed by atoms with van der Waals surface area (Å²) in [5.74, 6) is -0.0473. The molecule has 6 heteroatoms. The Morgan fingerprint density at radius 1 is 1.42 bits per heavy atom. The second-order valence-electron chi connectivity index (χ2n) is 5.31. The molecule has 1 saturated heterocycles. The summed E-state index contributed by atoms with van der Waals surface area (Å²) in [4.78, 5) is -0.389. The fourth-order valence-electron chi connectivity index (χ4n) is 2.44. The molecule has 2 N–H and O–H groups in total. The maximum atomic E-state index is 13.8. The smallest absolute Gasteiger partial charge is 0.248 e. The molecule has 0 aliphatic carbocycles. The molecule has 0 radical (unpaired) electrons. The lowest BCUT2D eigenvalue weighted by molar-refractivity contribution is 0.388. The molecule has 1 atom stereocenters. The molecule has 1 unspecified atom stereocenters. The number of sulfonamides is 1. The Kier molecular flexibility index (Phi) is 3.82. The normalized spacial score (nSPS) is 21.2. The zero-order valence-corrected chi connectivity index (χ0v) is 12.0. The van der Waals surface area contributed by atoms with E-state index in [0.717, 1.165) is 12.5 Å². The number of anilines is 1. The van der Waals surface area contributed by atoms with Crippen LogP contribution in [0.4, 0.5) is 10.1 Å². The Hall–Kier alpha value is -1.14. The van der Waals surface area contributed by atoms with E-state index < -0.39 is 15.8 Å². The van der Waals surface area contributed by atoms with E-state index in [1.54, 1.807) is 0 Å². The second kappa shape index (κ2) is 5.09. The monoisotopic (exact) mass is 286 g/mol. The molecule has 19 heavy (non-hydrogen) atoms. The molecule has 4 nitrogen and oxygen atoms in total. The van der Waals surface area contributed by atoms with Crippen LogP contribution in [0.5, 0.6) is 0 Å². The van der Waals surface area contributed by atoms with Gasteiger partial charge in [0.2, 0.25) is 10.0 Å². The summed E-state index contributed by atoms with van der Waals surface area (Å²) >= 11 is 0. The van der Waals surface area contributed by atoms with Crippen molar-refractivity contribution in [2.45, 2.75) is 25.2 Å². The molecule has 1 fully saturated rings. The van der Waals surface area contributed by atoms with E-state index in [-0.39, 0.29) is 10.6 Å². The van der Waals surface area contributed by atoms with E-state index in [9.17, 15) is 12.8 Å². The van der Waals surface area contributed by atoms with Crippen LogP contribution in [-0.2, 0) is 10.0 Å². The lowest BCUT2D eigenvalue weighted by atomic mass is 9.96. The van der Waals surface area contributed by atoms with Crippen molar-refractivity contribution in [2.24, 2.45) is 11.8 Å². The summed E-state index contributed by atoms with van der Waals surface area (Å²) < 4.78 is 40.0. The Morgan fingerprint density at radius 2 is 2.11 bits per heavy atom. The van der Waals surface area contributed by atoms with Crippen molar-refractivity contribution in [3.05, 3.63) is 24.0 Å². The van der Waals surface area contributed by atoms with Gasteiger partial charge in [-0.25, -0.2) is 12.8 Å². The summed E-state index contributed by atoms with van der Waals surface area (Å²) in [5, 5.41) is 0. The molecular formula is C13H19FN2O2S. The first-order valence-electron chi connectivity index (χ1n) is 6.38. The second-order valence-corrected chi connectivity index (χ2v) is 7.19. The summed E-state index contributed by atoms with van der Waals surface area (Å²) in [6, 6.07) is 3.94. The lowest BCUT2D eigenvalue weighted by Gasteiger charge is -2.19. The Labute approximate surface area is 113 Å². The van der Waals surface area contributed by atoms with Gasteiger partial charge in [0.25, 0.3) is 0 Å². The number of halogens is 1. The van der Waals surface area contributed by atoms with Gasteiger partial charge in [-0.3, -0.25) is 0 Å². The quantitative estimate of drug-likeness (QED) is 0.865. The van der Waals surface area contributed by atoms with Crippen LogP contribution in [0.1, 0.15) is 20.3 Å². The molecule has 0 aromatic heterocycles. The van der Waals surface area contributed by atoms with Gasteiger partial charge < -0.3 is 5.73 Å². The van der Waals surface area contributed by atoms with Crippen LogP contribution in [0.3, 0.4) is 0 Å². The molecule has 1 aromatic rings. The van der Waals surface area contributed by atoms with E-state index in [1.807, 2.05) is 0 Å². The van der Waals surface area contributed by atoms with Crippen LogP contribution >= 0.6 is 0 Å². The topological polar surface area (TPSA) is 63.4 Å². The van der Waals surface area contributed by atoms with Gasteiger partial charge >= 0.3 is 0 Å². The first-order chi connectivity index (χ1) is 8.84. The highest BCUT2D eigenvalue weighted by Crippen LogP contribution is 2.31. The molecular weight excluding hydrogens is 267 g/mol. The maximum absolute atomic E-state index is 13.8. The molecule has 1 aromatic carbocycles. The Bertz CT molecular complexity index is 552. The van der Waals surface area contributed by atoms with Crippen molar-refractivity contribution >= 4 is 15.7 Å². The molecule has 106 valence electrons. The first-order valence-corrected chi connectivity index (χ1v) is 7.82. The van der Waals surface area contributed by atoms with Gasteiger partial charge in [-0.1, -0.05) is 19.9 Å². The average Bonchev–Trinajstić information content (AvgIpc) is 2.78. The molecule has 0 saturated carbocycles. The highest BCUT2D eigenvalue weighted by molar-refractivity contribution is 7.89. The molecule has 0 spiro atoms. The molecule has 1 aliphatic rings. The number of benzene rings is 1. The van der Waals surface area contributed by atoms with Crippen molar-refractivity contribution < 1.29 is 12.8 Å². The molecule has 1 aliphatic heterocycles. The van der Waals surface area contributed by atoms with Crippen LogP contribution in [0.2, 0.25) is 0 Å². The number of hydrogen-bond donors (Lipinski definition) is 1. The number of nitrogens with zero attached hydrogens (tertiary/aromatic N) is 1. The predicted molar refractivity (Wildman–Crippen MR) is 72.5 cm³/mol. The predicted octanol–water partition coefficient (Wildman–Crippen LogP) is 2.07. The van der Waals surface area contributed by atoms with E-state index >= 15 is 0 Å². The van der Waals surface area contributed by atoms with Crippen LogP contribution in [0.25, 0.3) is 0 Å². The van der Waals surface area contributed by atoms with Gasteiger partial charge in [-0.15, -0.1) is 0 Å². The van der Waals surface area contributed by atoms with Gasteiger partial charge in [0.15, 0.2) is 0 Å². The zero-order valence-electron chi connectivity index (χ0n) is 11.1. The van der Waals surface area contributed by atoms with Crippen molar-refractivity contribution in [1.82, 2.24) is 4.31 Å². The molecule has 1 heterocycles. The fourth-order valence-corrected chi connectivity index (χ4v) is 4.12. The number of hydrogen-bond acceptors (Lipinski definition) is 3. The molecule has 0 bridgehead atoms. The molecule has 2 rings (SSSR count). The van der Waals surface area contributed by atoms with Crippen molar-refractivity contribution in [1.29, 1.82) is 0 Å². The Balaban J connectivity index is 2.34. The highest BCUT2D eigenvalue weighted by atomic mass is 32.2. The number of nitrogen functional groups attached to an aromatic ring is 1. The van der Waals surface area contributed by atoms with Crippen LogP contribution in [0, 0.1) is 17.7 Å². The maximum Gasteiger partial charge on any atom is 0.248 e. The van der Waals surface area contributed by atoms with E-state index in [1.165, 1.54) is 16.4 Å². The highest BCUT2D eigenvalue weighted by Gasteiger charge is 2.36. The van der Waals surface area contributed by atoms with Crippen molar-refractivity contribution in [3.63, 3.8) is 0 Å². The van der Waals surface area contributed by atoms with Gasteiger partial charge in [0.1, 0.15) is 10.7 Å². The summed E-state index contributed by atoms with van der Waals surface area (Å²) in [6.07, 6.45) is 0.811. The van der Waals surface area contributed by atoms with Crippen molar-refractivity contribution in [2.75, 3.05) is 18.8 Å².